The van der Waals surface area contributed by atoms with Crippen molar-refractivity contribution < 1.29 is 18.4 Å². The number of carbonyl (C=O) groups excluding carboxylic acids is 2. The molecule has 1 spiro atoms. The van der Waals surface area contributed by atoms with Gasteiger partial charge in [-0.15, -0.1) is 0 Å². The van der Waals surface area contributed by atoms with Crippen molar-refractivity contribution in [2.75, 3.05) is 26.2 Å². The zero-order chi connectivity index (χ0) is 23.7. The molecule has 1 aliphatic carbocycles. The van der Waals surface area contributed by atoms with Gasteiger partial charge in [0.1, 0.15) is 0 Å². The number of amides is 2. The molecular weight excluding hydrogens is 436 g/mol. The second-order valence-electron chi connectivity index (χ2n) is 10.00. The molecule has 2 aromatic rings. The number of carbonyl (C=O) groups is 2. The van der Waals surface area contributed by atoms with Gasteiger partial charge in [-0.1, -0.05) is 18.2 Å². The number of halogens is 2. The largest absolute Gasteiger partial charge is 0.356 e. The van der Waals surface area contributed by atoms with Crippen molar-refractivity contribution in [1.29, 1.82) is 0 Å². The Bertz CT molecular complexity index is 1100. The molecule has 7 heteroatoms. The molecule has 2 N–H and O–H groups in total. The van der Waals surface area contributed by atoms with Gasteiger partial charge >= 0.3 is 0 Å². The maximum absolute atomic E-state index is 13.9. The molecule has 2 saturated heterocycles. The Morgan fingerprint density at radius 3 is 2.71 bits per heavy atom. The van der Waals surface area contributed by atoms with Crippen LogP contribution in [0.1, 0.15) is 52.7 Å². The van der Waals surface area contributed by atoms with E-state index in [1.165, 1.54) is 11.1 Å². The van der Waals surface area contributed by atoms with E-state index in [0.29, 0.717) is 24.1 Å². The van der Waals surface area contributed by atoms with Crippen LogP contribution in [0.25, 0.3) is 0 Å². The number of piperidine rings is 1. The van der Waals surface area contributed by atoms with Gasteiger partial charge in [0.05, 0.1) is 5.41 Å². The number of hydrogen-bond donors (Lipinski definition) is 2. The van der Waals surface area contributed by atoms with Gasteiger partial charge in [0.25, 0.3) is 5.91 Å². The van der Waals surface area contributed by atoms with E-state index in [-0.39, 0.29) is 23.3 Å². The number of likely N-dealkylation sites (tertiary alicyclic amines) is 1. The number of hydrogen-bond acceptors (Lipinski definition) is 3. The van der Waals surface area contributed by atoms with Crippen LogP contribution < -0.4 is 10.6 Å². The van der Waals surface area contributed by atoms with Crippen molar-refractivity contribution in [3.63, 3.8) is 0 Å². The number of rotatable bonds is 5. The minimum absolute atomic E-state index is 0.0537. The van der Waals surface area contributed by atoms with E-state index in [1.54, 1.807) is 12.1 Å². The number of benzene rings is 2. The fourth-order valence-corrected chi connectivity index (χ4v) is 5.71. The molecule has 1 atom stereocenters. The zero-order valence-electron chi connectivity index (χ0n) is 19.3. The smallest absolute Gasteiger partial charge is 0.251 e. The summed E-state index contributed by atoms with van der Waals surface area (Å²) < 4.78 is 27.3. The van der Waals surface area contributed by atoms with Gasteiger partial charge in [0.2, 0.25) is 5.91 Å². The maximum Gasteiger partial charge on any atom is 0.251 e. The second kappa shape index (κ2) is 9.45. The Labute approximate surface area is 198 Å². The summed E-state index contributed by atoms with van der Waals surface area (Å²) in [5.74, 6) is -1.43. The summed E-state index contributed by atoms with van der Waals surface area (Å²) in [6, 6.07) is 10.3. The Balaban J connectivity index is 1.12. The molecule has 1 unspecified atom stereocenters. The van der Waals surface area contributed by atoms with Crippen LogP contribution in [-0.4, -0.2) is 48.9 Å². The number of nitrogens with zero attached hydrogens (tertiary/aromatic N) is 1. The van der Waals surface area contributed by atoms with E-state index < -0.39 is 11.6 Å². The lowest BCUT2D eigenvalue weighted by atomic mass is 9.70. The van der Waals surface area contributed by atoms with Crippen molar-refractivity contribution in [3.8, 4) is 0 Å². The summed E-state index contributed by atoms with van der Waals surface area (Å²) in [4.78, 5) is 27.4. The van der Waals surface area contributed by atoms with Gasteiger partial charge in [-0.05, 0) is 79.8 Å². The van der Waals surface area contributed by atoms with Crippen LogP contribution >= 0.6 is 0 Å². The lowest BCUT2D eigenvalue weighted by Gasteiger charge is -2.33. The fourth-order valence-electron chi connectivity index (χ4n) is 5.71. The van der Waals surface area contributed by atoms with Gasteiger partial charge in [-0.2, -0.15) is 0 Å². The molecule has 5 rings (SSSR count). The van der Waals surface area contributed by atoms with Gasteiger partial charge in [-0.3, -0.25) is 9.59 Å². The first-order valence-corrected chi connectivity index (χ1v) is 12.3. The number of fused-ring (bicyclic) bond motifs is 1. The highest BCUT2D eigenvalue weighted by Crippen LogP contribution is 2.41. The van der Waals surface area contributed by atoms with Crippen molar-refractivity contribution in [1.82, 2.24) is 15.5 Å². The average molecular weight is 468 g/mol. The van der Waals surface area contributed by atoms with Crippen molar-refractivity contribution in [2.24, 2.45) is 5.41 Å². The summed E-state index contributed by atoms with van der Waals surface area (Å²) in [6.07, 6.45) is 5.46. The molecule has 2 aromatic carbocycles. The topological polar surface area (TPSA) is 61.4 Å². The predicted molar refractivity (Wildman–Crippen MR) is 126 cm³/mol. The highest BCUT2D eigenvalue weighted by atomic mass is 19.2. The third-order valence-corrected chi connectivity index (χ3v) is 7.89. The van der Waals surface area contributed by atoms with Crippen molar-refractivity contribution >= 4 is 11.8 Å². The van der Waals surface area contributed by atoms with Crippen LogP contribution in [-0.2, 0) is 24.1 Å². The molecule has 2 heterocycles. The van der Waals surface area contributed by atoms with Crippen LogP contribution in [0, 0.1) is 17.0 Å². The van der Waals surface area contributed by atoms with E-state index in [2.05, 4.69) is 15.5 Å². The molecular formula is C27H31F2N3O2. The summed E-state index contributed by atoms with van der Waals surface area (Å²) >= 11 is 0. The van der Waals surface area contributed by atoms with Crippen LogP contribution in [0.3, 0.4) is 0 Å². The maximum atomic E-state index is 13.9. The molecule has 2 aliphatic heterocycles. The van der Waals surface area contributed by atoms with E-state index in [0.717, 1.165) is 64.2 Å². The molecule has 0 bridgehead atoms. The first-order chi connectivity index (χ1) is 16.4. The van der Waals surface area contributed by atoms with Crippen LogP contribution in [0.2, 0.25) is 0 Å². The Kier molecular flexibility index (Phi) is 6.38. The van der Waals surface area contributed by atoms with Crippen LogP contribution in [0.5, 0.6) is 0 Å². The lowest BCUT2D eigenvalue weighted by Crippen LogP contribution is -2.45. The average Bonchev–Trinajstić information content (AvgIpc) is 3.19. The quantitative estimate of drug-likeness (QED) is 0.709. The summed E-state index contributed by atoms with van der Waals surface area (Å²) in [5.41, 5.74) is 3.18. The highest BCUT2D eigenvalue weighted by Gasteiger charge is 2.44. The summed E-state index contributed by atoms with van der Waals surface area (Å²) in [5, 5.41) is 6.14. The monoisotopic (exact) mass is 467 g/mol. The molecule has 0 radical (unpaired) electrons. The number of aryl methyl sites for hydroxylation is 1. The van der Waals surface area contributed by atoms with Gasteiger partial charge in [0, 0.05) is 37.8 Å². The minimum Gasteiger partial charge on any atom is -0.356 e. The molecule has 34 heavy (non-hydrogen) atoms. The molecule has 0 aromatic heterocycles. The minimum atomic E-state index is -0.801. The Morgan fingerprint density at radius 1 is 1.12 bits per heavy atom. The van der Waals surface area contributed by atoms with Gasteiger partial charge in [-0.25, -0.2) is 8.78 Å². The second-order valence-corrected chi connectivity index (χ2v) is 10.00. The summed E-state index contributed by atoms with van der Waals surface area (Å²) in [6.45, 7) is 3.06. The first kappa shape index (κ1) is 23.0. The molecule has 3 aliphatic rings. The van der Waals surface area contributed by atoms with Crippen molar-refractivity contribution in [2.45, 2.75) is 51.0 Å². The zero-order valence-corrected chi connectivity index (χ0v) is 19.3. The first-order valence-electron chi connectivity index (χ1n) is 12.3. The van der Waals surface area contributed by atoms with Gasteiger partial charge < -0.3 is 15.5 Å². The van der Waals surface area contributed by atoms with E-state index in [1.807, 2.05) is 18.2 Å². The van der Waals surface area contributed by atoms with Crippen LogP contribution in [0.15, 0.2) is 36.4 Å². The summed E-state index contributed by atoms with van der Waals surface area (Å²) in [7, 11) is 0. The Morgan fingerprint density at radius 2 is 1.94 bits per heavy atom. The molecule has 5 nitrogen and oxygen atoms in total. The standard InChI is InChI=1S/C27H31F2N3O2/c28-23-3-1-2-18(24(23)29)7-13-32-14-8-22(9-15-32)31-25(33)20-4-5-21-17-27(10-6-19(21)16-20)11-12-30-26(27)34/h1-5,16,22H,6-15,17H2,(H,30,34)(H,31,33). The molecule has 2 amide bonds. The normalized spacial score (nSPS) is 23.1. The molecule has 2 fully saturated rings. The third-order valence-electron chi connectivity index (χ3n) is 7.89. The van der Waals surface area contributed by atoms with E-state index in [4.69, 9.17) is 0 Å². The SMILES string of the molecule is O=C(NC1CCN(CCc2cccc(F)c2F)CC1)c1ccc2c(c1)CCC1(CCNC1=O)C2. The van der Waals surface area contributed by atoms with E-state index >= 15 is 0 Å². The third kappa shape index (κ3) is 4.58. The molecule has 180 valence electrons. The highest BCUT2D eigenvalue weighted by molar-refractivity contribution is 5.94. The van der Waals surface area contributed by atoms with Crippen LogP contribution in [0.4, 0.5) is 8.78 Å². The predicted octanol–water partition coefficient (Wildman–Crippen LogP) is 3.40. The van der Waals surface area contributed by atoms with E-state index in [9.17, 15) is 18.4 Å². The van der Waals surface area contributed by atoms with Crippen molar-refractivity contribution in [3.05, 3.63) is 70.3 Å². The Hall–Kier alpha value is -2.80. The van der Waals surface area contributed by atoms with Gasteiger partial charge in [0.15, 0.2) is 11.6 Å². The molecule has 0 saturated carbocycles. The number of nitrogens with one attached hydrogen (secondary N) is 2. The lowest BCUT2D eigenvalue weighted by molar-refractivity contribution is -0.128. The fraction of sp³-hybridized carbons (Fsp3) is 0.481.